The fourth-order valence-electron chi connectivity index (χ4n) is 3.40. The molecule has 0 heterocycles. The number of Topliss-reactive ketones (excluding diaryl/α,β-unsaturated/α-hetero) is 1. The first-order valence-corrected chi connectivity index (χ1v) is 8.14. The SMILES string of the molecule is COC(C)(C)CCC(=O)C1(c2ccccc2)CCCCC1. The van der Waals surface area contributed by atoms with E-state index >= 15 is 0 Å². The lowest BCUT2D eigenvalue weighted by atomic mass is 9.65. The van der Waals surface area contributed by atoms with E-state index in [9.17, 15) is 4.79 Å². The fraction of sp³-hybridized carbons (Fsp3) is 0.632. The van der Waals surface area contributed by atoms with Gasteiger partial charge in [0.1, 0.15) is 5.78 Å². The molecule has 1 aliphatic rings. The summed E-state index contributed by atoms with van der Waals surface area (Å²) < 4.78 is 5.46. The van der Waals surface area contributed by atoms with Crippen molar-refractivity contribution >= 4 is 5.78 Å². The minimum atomic E-state index is -0.247. The highest BCUT2D eigenvalue weighted by atomic mass is 16.5. The van der Waals surface area contributed by atoms with Crippen LogP contribution in [0.15, 0.2) is 30.3 Å². The van der Waals surface area contributed by atoms with Crippen LogP contribution < -0.4 is 0 Å². The first kappa shape index (κ1) is 16.2. The minimum absolute atomic E-state index is 0.220. The van der Waals surface area contributed by atoms with Gasteiger partial charge in [0.15, 0.2) is 0 Å². The summed E-state index contributed by atoms with van der Waals surface area (Å²) in [6.45, 7) is 4.10. The van der Waals surface area contributed by atoms with Crippen LogP contribution in [-0.4, -0.2) is 18.5 Å². The van der Waals surface area contributed by atoms with Gasteiger partial charge in [-0.15, -0.1) is 0 Å². The molecule has 0 aliphatic heterocycles. The lowest BCUT2D eigenvalue weighted by Gasteiger charge is -2.37. The number of carbonyl (C=O) groups excluding carboxylic acids is 1. The highest BCUT2D eigenvalue weighted by molar-refractivity contribution is 5.90. The van der Waals surface area contributed by atoms with Gasteiger partial charge in [-0.1, -0.05) is 49.6 Å². The van der Waals surface area contributed by atoms with E-state index in [1.54, 1.807) is 7.11 Å². The summed E-state index contributed by atoms with van der Waals surface area (Å²) in [6.07, 6.45) is 6.98. The summed E-state index contributed by atoms with van der Waals surface area (Å²) in [5.74, 6) is 0.401. The summed E-state index contributed by atoms with van der Waals surface area (Å²) >= 11 is 0. The highest BCUT2D eigenvalue weighted by Crippen LogP contribution is 2.41. The van der Waals surface area contributed by atoms with E-state index in [4.69, 9.17) is 4.74 Å². The Hall–Kier alpha value is -1.15. The first-order valence-electron chi connectivity index (χ1n) is 8.14. The van der Waals surface area contributed by atoms with Crippen LogP contribution in [0.4, 0.5) is 0 Å². The Morgan fingerprint density at radius 3 is 2.33 bits per heavy atom. The van der Waals surface area contributed by atoms with Crippen molar-refractivity contribution < 1.29 is 9.53 Å². The molecule has 0 aromatic heterocycles. The Kier molecular flexibility index (Phi) is 5.21. The number of methoxy groups -OCH3 is 1. The van der Waals surface area contributed by atoms with Crippen LogP contribution in [0.3, 0.4) is 0 Å². The number of ketones is 1. The third-order valence-electron chi connectivity index (χ3n) is 5.07. The third kappa shape index (κ3) is 3.74. The molecule has 116 valence electrons. The van der Waals surface area contributed by atoms with Crippen molar-refractivity contribution in [3.8, 4) is 0 Å². The molecule has 0 spiro atoms. The van der Waals surface area contributed by atoms with E-state index in [0.717, 1.165) is 32.1 Å². The van der Waals surface area contributed by atoms with Crippen molar-refractivity contribution in [3.63, 3.8) is 0 Å². The van der Waals surface area contributed by atoms with Crippen LogP contribution in [0.2, 0.25) is 0 Å². The second kappa shape index (κ2) is 6.74. The molecule has 1 aromatic rings. The fourth-order valence-corrected chi connectivity index (χ4v) is 3.40. The van der Waals surface area contributed by atoms with Gasteiger partial charge in [-0.05, 0) is 38.7 Å². The van der Waals surface area contributed by atoms with E-state index in [-0.39, 0.29) is 11.0 Å². The molecule has 1 saturated carbocycles. The predicted molar refractivity (Wildman–Crippen MR) is 86.5 cm³/mol. The molecule has 0 atom stereocenters. The van der Waals surface area contributed by atoms with Gasteiger partial charge < -0.3 is 4.74 Å². The Balaban J connectivity index is 2.18. The van der Waals surface area contributed by atoms with Gasteiger partial charge >= 0.3 is 0 Å². The average molecular weight is 288 g/mol. The quantitative estimate of drug-likeness (QED) is 0.761. The molecule has 2 nitrogen and oxygen atoms in total. The van der Waals surface area contributed by atoms with E-state index in [2.05, 4.69) is 38.1 Å². The topological polar surface area (TPSA) is 26.3 Å². The van der Waals surface area contributed by atoms with Gasteiger partial charge in [0.2, 0.25) is 0 Å². The average Bonchev–Trinajstić information content (AvgIpc) is 2.54. The van der Waals surface area contributed by atoms with E-state index < -0.39 is 0 Å². The summed E-state index contributed by atoms with van der Waals surface area (Å²) in [7, 11) is 1.72. The van der Waals surface area contributed by atoms with Gasteiger partial charge in [0.25, 0.3) is 0 Å². The number of benzene rings is 1. The summed E-state index contributed by atoms with van der Waals surface area (Å²) in [5, 5.41) is 0. The molecule has 0 radical (unpaired) electrons. The monoisotopic (exact) mass is 288 g/mol. The van der Waals surface area contributed by atoms with Crippen LogP contribution in [0, 0.1) is 0 Å². The lowest BCUT2D eigenvalue weighted by molar-refractivity contribution is -0.127. The second-order valence-corrected chi connectivity index (χ2v) is 6.90. The Morgan fingerprint density at radius 2 is 1.76 bits per heavy atom. The molecule has 0 amide bonds. The zero-order valence-corrected chi connectivity index (χ0v) is 13.7. The number of ether oxygens (including phenoxy) is 1. The molecule has 1 aromatic carbocycles. The van der Waals surface area contributed by atoms with Crippen LogP contribution in [0.5, 0.6) is 0 Å². The molecule has 1 aliphatic carbocycles. The van der Waals surface area contributed by atoms with Crippen molar-refractivity contribution in [2.24, 2.45) is 0 Å². The first-order chi connectivity index (χ1) is 10.0. The van der Waals surface area contributed by atoms with Gasteiger partial charge in [-0.3, -0.25) is 4.79 Å². The van der Waals surface area contributed by atoms with Gasteiger partial charge in [-0.25, -0.2) is 0 Å². The number of hydrogen-bond donors (Lipinski definition) is 0. The standard InChI is InChI=1S/C19H28O2/c1-18(2,21-3)15-12-17(20)19(13-8-5-9-14-19)16-10-6-4-7-11-16/h4,6-7,10-11H,5,8-9,12-15H2,1-3H3. The predicted octanol–water partition coefficient (Wildman–Crippen LogP) is 4.66. The molecule has 0 N–H and O–H groups in total. The van der Waals surface area contributed by atoms with Gasteiger partial charge in [0, 0.05) is 13.5 Å². The van der Waals surface area contributed by atoms with E-state index in [1.807, 2.05) is 6.07 Å². The summed E-state index contributed by atoms with van der Waals surface area (Å²) in [4.78, 5) is 13.0. The Bertz CT molecular complexity index is 456. The lowest BCUT2D eigenvalue weighted by Crippen LogP contribution is -2.39. The maximum atomic E-state index is 13.0. The maximum absolute atomic E-state index is 13.0. The Morgan fingerprint density at radius 1 is 1.14 bits per heavy atom. The smallest absolute Gasteiger partial charge is 0.143 e. The van der Waals surface area contributed by atoms with Crippen molar-refractivity contribution in [2.75, 3.05) is 7.11 Å². The third-order valence-corrected chi connectivity index (χ3v) is 5.07. The maximum Gasteiger partial charge on any atom is 0.143 e. The van der Waals surface area contributed by atoms with Gasteiger partial charge in [-0.2, -0.15) is 0 Å². The molecule has 0 saturated heterocycles. The van der Waals surface area contributed by atoms with Crippen molar-refractivity contribution in [1.82, 2.24) is 0 Å². The summed E-state index contributed by atoms with van der Waals surface area (Å²) in [5.41, 5.74) is 0.746. The van der Waals surface area contributed by atoms with Crippen molar-refractivity contribution in [1.29, 1.82) is 0 Å². The molecule has 2 rings (SSSR count). The van der Waals surface area contributed by atoms with Crippen LogP contribution in [0.25, 0.3) is 0 Å². The van der Waals surface area contributed by atoms with Crippen molar-refractivity contribution in [3.05, 3.63) is 35.9 Å². The molecule has 1 fully saturated rings. The highest BCUT2D eigenvalue weighted by Gasteiger charge is 2.40. The van der Waals surface area contributed by atoms with Crippen molar-refractivity contribution in [2.45, 2.75) is 69.8 Å². The molecular weight excluding hydrogens is 260 g/mol. The zero-order valence-electron chi connectivity index (χ0n) is 13.7. The molecule has 0 bridgehead atoms. The molecule has 21 heavy (non-hydrogen) atoms. The molecule has 0 unspecified atom stereocenters. The number of carbonyl (C=O) groups is 1. The Labute approximate surface area is 128 Å². The zero-order chi connectivity index (χ0) is 15.3. The summed E-state index contributed by atoms with van der Waals surface area (Å²) in [6, 6.07) is 10.4. The van der Waals surface area contributed by atoms with Gasteiger partial charge in [0.05, 0.1) is 11.0 Å². The van der Waals surface area contributed by atoms with Crippen LogP contribution >= 0.6 is 0 Å². The largest absolute Gasteiger partial charge is 0.379 e. The minimum Gasteiger partial charge on any atom is -0.379 e. The second-order valence-electron chi connectivity index (χ2n) is 6.90. The van der Waals surface area contributed by atoms with Crippen LogP contribution in [-0.2, 0) is 14.9 Å². The van der Waals surface area contributed by atoms with E-state index in [1.165, 1.54) is 12.0 Å². The number of hydrogen-bond acceptors (Lipinski definition) is 2. The molecular formula is C19H28O2. The van der Waals surface area contributed by atoms with Crippen LogP contribution in [0.1, 0.15) is 64.4 Å². The molecule has 2 heteroatoms. The van der Waals surface area contributed by atoms with E-state index in [0.29, 0.717) is 12.2 Å². The normalized spacial score (nSPS) is 18.4. The number of rotatable bonds is 6.